The van der Waals surface area contributed by atoms with Gasteiger partial charge >= 0.3 is 5.69 Å². The average Bonchev–Trinajstić information content (AvgIpc) is 2.38. The molecule has 7 heteroatoms. The molecule has 0 radical (unpaired) electrons. The van der Waals surface area contributed by atoms with Gasteiger partial charge in [0.15, 0.2) is 0 Å². The zero-order valence-corrected chi connectivity index (χ0v) is 10.5. The number of aliphatic hydroxyl groups excluding tert-OH is 1. The molecule has 7 nitrogen and oxygen atoms in total. The van der Waals surface area contributed by atoms with Gasteiger partial charge in [-0.25, -0.2) is 9.97 Å². The topological polar surface area (TPSA) is 101 Å². The Kier molecular flexibility index (Phi) is 5.44. The summed E-state index contributed by atoms with van der Waals surface area (Å²) in [5.41, 5.74) is -0.152. The van der Waals surface area contributed by atoms with Crippen LogP contribution in [0, 0.1) is 16.0 Å². The first kappa shape index (κ1) is 14.3. The molecule has 0 saturated heterocycles. The Labute approximate surface area is 105 Å². The number of nitro groups is 1. The fraction of sp³-hybridized carbons (Fsp3) is 0.636. The summed E-state index contributed by atoms with van der Waals surface area (Å²) in [6.45, 7) is 4.39. The highest BCUT2D eigenvalue weighted by Gasteiger charge is 2.15. The molecule has 1 aromatic heterocycles. The second-order valence-corrected chi connectivity index (χ2v) is 4.05. The van der Waals surface area contributed by atoms with Crippen LogP contribution in [0.4, 0.5) is 11.6 Å². The highest BCUT2D eigenvalue weighted by Crippen LogP contribution is 2.14. The summed E-state index contributed by atoms with van der Waals surface area (Å²) in [5.74, 6) is 0.515. The summed E-state index contributed by atoms with van der Waals surface area (Å²) in [6, 6.07) is 0. The van der Waals surface area contributed by atoms with E-state index in [1.165, 1.54) is 0 Å². The third kappa shape index (κ3) is 3.92. The summed E-state index contributed by atoms with van der Waals surface area (Å²) in [7, 11) is 0. The minimum absolute atomic E-state index is 0.152. The molecule has 2 N–H and O–H groups in total. The van der Waals surface area contributed by atoms with Gasteiger partial charge in [0.1, 0.15) is 12.4 Å². The highest BCUT2D eigenvalue weighted by molar-refractivity contribution is 5.30. The summed E-state index contributed by atoms with van der Waals surface area (Å²) in [6.07, 6.45) is 3.61. The molecule has 0 fully saturated rings. The van der Waals surface area contributed by atoms with Gasteiger partial charge in [0.05, 0.1) is 11.0 Å². The average molecular weight is 254 g/mol. The lowest BCUT2D eigenvalue weighted by Gasteiger charge is -2.20. The monoisotopic (exact) mass is 254 g/mol. The van der Waals surface area contributed by atoms with Crippen LogP contribution in [0.3, 0.4) is 0 Å². The van der Waals surface area contributed by atoms with Crippen molar-refractivity contribution in [2.45, 2.75) is 32.8 Å². The van der Waals surface area contributed by atoms with Crippen molar-refractivity contribution in [2.75, 3.05) is 11.9 Å². The predicted octanol–water partition coefficient (Wildman–Crippen LogP) is 1.59. The Morgan fingerprint density at radius 1 is 1.39 bits per heavy atom. The Balaban J connectivity index is 2.50. The number of anilines is 1. The van der Waals surface area contributed by atoms with Gasteiger partial charge in [-0.1, -0.05) is 26.7 Å². The van der Waals surface area contributed by atoms with Gasteiger partial charge in [0.25, 0.3) is 0 Å². The number of aliphatic hydroxyl groups is 1. The minimum Gasteiger partial charge on any atom is -0.391 e. The molecule has 0 aliphatic carbocycles. The summed E-state index contributed by atoms with van der Waals surface area (Å²) >= 11 is 0. The maximum Gasteiger partial charge on any atom is 0.305 e. The van der Waals surface area contributed by atoms with E-state index in [0.29, 0.717) is 6.54 Å². The molecule has 0 aromatic carbocycles. The smallest absolute Gasteiger partial charge is 0.305 e. The Bertz CT molecular complexity index is 378. The van der Waals surface area contributed by atoms with Crippen molar-refractivity contribution in [3.05, 3.63) is 22.5 Å². The third-order valence-electron chi connectivity index (χ3n) is 2.91. The number of rotatable bonds is 7. The molecule has 0 spiro atoms. The van der Waals surface area contributed by atoms with Crippen LogP contribution < -0.4 is 5.32 Å². The molecule has 1 heterocycles. The summed E-state index contributed by atoms with van der Waals surface area (Å²) < 4.78 is 0. The maximum atomic E-state index is 10.4. The standard InChI is InChI=1S/C11H18N4O3/c1-3-8(4-2)10(16)7-14-11-12-5-9(6-13-11)15(17)18/h5-6,8,10,16H,3-4,7H2,1-2H3,(H,12,13,14). The van der Waals surface area contributed by atoms with Gasteiger partial charge in [0, 0.05) is 6.54 Å². The number of hydrogen-bond donors (Lipinski definition) is 2. The first-order chi connectivity index (χ1) is 8.58. The first-order valence-electron chi connectivity index (χ1n) is 5.96. The lowest BCUT2D eigenvalue weighted by atomic mass is 9.97. The molecule has 1 rings (SSSR count). The molecule has 0 saturated carbocycles. The SMILES string of the molecule is CCC(CC)C(O)CNc1ncc([N+](=O)[O-])cn1. The van der Waals surface area contributed by atoms with Gasteiger partial charge < -0.3 is 10.4 Å². The normalized spacial score (nSPS) is 12.4. The van der Waals surface area contributed by atoms with E-state index in [4.69, 9.17) is 0 Å². The molecule has 0 aliphatic rings. The van der Waals surface area contributed by atoms with Crippen LogP contribution in [-0.4, -0.2) is 32.6 Å². The molecule has 18 heavy (non-hydrogen) atoms. The maximum absolute atomic E-state index is 10.4. The van der Waals surface area contributed by atoms with E-state index >= 15 is 0 Å². The van der Waals surface area contributed by atoms with Crippen molar-refractivity contribution in [1.82, 2.24) is 9.97 Å². The van der Waals surface area contributed by atoms with Crippen LogP contribution in [0.2, 0.25) is 0 Å². The van der Waals surface area contributed by atoms with Crippen LogP contribution in [0.1, 0.15) is 26.7 Å². The van der Waals surface area contributed by atoms with E-state index in [2.05, 4.69) is 15.3 Å². The quantitative estimate of drug-likeness (QED) is 0.566. The van der Waals surface area contributed by atoms with Crippen molar-refractivity contribution in [1.29, 1.82) is 0 Å². The number of aromatic nitrogens is 2. The zero-order valence-electron chi connectivity index (χ0n) is 10.5. The van der Waals surface area contributed by atoms with E-state index < -0.39 is 11.0 Å². The Morgan fingerprint density at radius 3 is 2.39 bits per heavy atom. The van der Waals surface area contributed by atoms with Crippen molar-refractivity contribution in [2.24, 2.45) is 5.92 Å². The van der Waals surface area contributed by atoms with Crippen LogP contribution >= 0.6 is 0 Å². The van der Waals surface area contributed by atoms with Crippen LogP contribution in [0.15, 0.2) is 12.4 Å². The fourth-order valence-corrected chi connectivity index (χ4v) is 1.70. The van der Waals surface area contributed by atoms with Gasteiger partial charge in [-0.2, -0.15) is 0 Å². The van der Waals surface area contributed by atoms with Crippen molar-refractivity contribution in [3.8, 4) is 0 Å². The van der Waals surface area contributed by atoms with Gasteiger partial charge in [-0.05, 0) is 5.92 Å². The van der Waals surface area contributed by atoms with Gasteiger partial charge in [-0.3, -0.25) is 10.1 Å². The molecule has 0 bridgehead atoms. The van der Waals surface area contributed by atoms with Crippen LogP contribution in [-0.2, 0) is 0 Å². The first-order valence-corrected chi connectivity index (χ1v) is 5.96. The lowest BCUT2D eigenvalue weighted by molar-refractivity contribution is -0.385. The largest absolute Gasteiger partial charge is 0.391 e. The Morgan fingerprint density at radius 2 is 1.94 bits per heavy atom. The van der Waals surface area contributed by atoms with E-state index in [1.807, 2.05) is 13.8 Å². The van der Waals surface area contributed by atoms with E-state index in [-0.39, 0.29) is 17.6 Å². The number of hydrogen-bond acceptors (Lipinski definition) is 6. The molecule has 0 amide bonds. The van der Waals surface area contributed by atoms with Gasteiger partial charge in [0.2, 0.25) is 5.95 Å². The summed E-state index contributed by atoms with van der Waals surface area (Å²) in [5, 5.41) is 23.2. The third-order valence-corrected chi connectivity index (χ3v) is 2.91. The van der Waals surface area contributed by atoms with E-state index in [0.717, 1.165) is 25.2 Å². The van der Waals surface area contributed by atoms with Crippen LogP contribution in [0.5, 0.6) is 0 Å². The minimum atomic E-state index is -0.553. The predicted molar refractivity (Wildman–Crippen MR) is 67.3 cm³/mol. The van der Waals surface area contributed by atoms with Crippen molar-refractivity contribution >= 4 is 11.6 Å². The zero-order chi connectivity index (χ0) is 13.5. The number of nitrogens with zero attached hydrogens (tertiary/aromatic N) is 3. The molecular formula is C11H18N4O3. The highest BCUT2D eigenvalue weighted by atomic mass is 16.6. The van der Waals surface area contributed by atoms with Crippen molar-refractivity contribution in [3.63, 3.8) is 0 Å². The second-order valence-electron chi connectivity index (χ2n) is 4.05. The summed E-state index contributed by atoms with van der Waals surface area (Å²) in [4.78, 5) is 17.5. The van der Waals surface area contributed by atoms with Gasteiger partial charge in [-0.15, -0.1) is 0 Å². The molecule has 0 aliphatic heterocycles. The molecule has 1 atom stereocenters. The molecule has 100 valence electrons. The molecule has 1 aromatic rings. The van der Waals surface area contributed by atoms with E-state index in [9.17, 15) is 15.2 Å². The van der Waals surface area contributed by atoms with Crippen LogP contribution in [0.25, 0.3) is 0 Å². The second kappa shape index (κ2) is 6.85. The molecule has 1 unspecified atom stereocenters. The number of nitrogens with one attached hydrogen (secondary N) is 1. The molecular weight excluding hydrogens is 236 g/mol. The lowest BCUT2D eigenvalue weighted by Crippen LogP contribution is -2.28. The fourth-order valence-electron chi connectivity index (χ4n) is 1.70. The van der Waals surface area contributed by atoms with Crippen molar-refractivity contribution < 1.29 is 10.0 Å². The Hall–Kier alpha value is -1.76. The van der Waals surface area contributed by atoms with E-state index in [1.54, 1.807) is 0 Å².